The number of likely N-dealkylation sites (N-methyl/N-ethyl adjacent to an activating group) is 1. The second kappa shape index (κ2) is 5.67. The van der Waals surface area contributed by atoms with Crippen molar-refractivity contribution in [2.24, 2.45) is 0 Å². The number of amides is 1. The number of aryl methyl sites for hydroxylation is 2. The highest BCUT2D eigenvalue weighted by molar-refractivity contribution is 5.93. The Morgan fingerprint density at radius 3 is 2.39 bits per heavy atom. The van der Waals surface area contributed by atoms with E-state index in [9.17, 15) is 9.59 Å². The Kier molecular flexibility index (Phi) is 4.48. The number of hydrogen-bond donors (Lipinski definition) is 0. The molecule has 4 nitrogen and oxygen atoms in total. The van der Waals surface area contributed by atoms with Crippen molar-refractivity contribution >= 4 is 11.9 Å². The van der Waals surface area contributed by atoms with Gasteiger partial charge in [0, 0.05) is 14.1 Å². The molecule has 1 rings (SSSR count). The number of nitrogens with zero attached hydrogens (tertiary/aromatic N) is 1. The van der Waals surface area contributed by atoms with Crippen molar-refractivity contribution in [2.75, 3.05) is 14.1 Å². The lowest BCUT2D eigenvalue weighted by atomic mass is 10.1. The SMILES string of the molecule is Cc1ccc(C)c(C(=O)OC(C)C(=O)N(C)C)c1. The lowest BCUT2D eigenvalue weighted by Gasteiger charge is -2.17. The van der Waals surface area contributed by atoms with Gasteiger partial charge in [-0.15, -0.1) is 0 Å². The molecule has 1 unspecified atom stereocenters. The normalized spacial score (nSPS) is 11.8. The van der Waals surface area contributed by atoms with Crippen LogP contribution in [0.15, 0.2) is 18.2 Å². The topological polar surface area (TPSA) is 46.6 Å². The third kappa shape index (κ3) is 3.32. The van der Waals surface area contributed by atoms with Crippen molar-refractivity contribution < 1.29 is 14.3 Å². The van der Waals surface area contributed by atoms with Gasteiger partial charge in [0.1, 0.15) is 0 Å². The molecule has 0 fully saturated rings. The Labute approximate surface area is 108 Å². The van der Waals surface area contributed by atoms with Crippen LogP contribution < -0.4 is 0 Å². The fourth-order valence-corrected chi connectivity index (χ4v) is 1.59. The summed E-state index contributed by atoms with van der Waals surface area (Å²) in [7, 11) is 3.26. The molecule has 0 aromatic heterocycles. The summed E-state index contributed by atoms with van der Waals surface area (Å²) in [5, 5.41) is 0. The Bertz CT molecular complexity index is 466. The molecule has 1 atom stereocenters. The maximum Gasteiger partial charge on any atom is 0.339 e. The average molecular weight is 249 g/mol. The fourth-order valence-electron chi connectivity index (χ4n) is 1.59. The first-order valence-corrected chi connectivity index (χ1v) is 5.82. The first kappa shape index (κ1) is 14.2. The van der Waals surface area contributed by atoms with Crippen LogP contribution in [-0.2, 0) is 9.53 Å². The molecule has 1 amide bonds. The van der Waals surface area contributed by atoms with Crippen LogP contribution in [0.2, 0.25) is 0 Å². The highest BCUT2D eigenvalue weighted by Crippen LogP contribution is 2.13. The van der Waals surface area contributed by atoms with E-state index in [1.807, 2.05) is 26.0 Å². The second-order valence-corrected chi connectivity index (χ2v) is 4.60. The van der Waals surface area contributed by atoms with E-state index in [1.54, 1.807) is 27.1 Å². The zero-order valence-electron chi connectivity index (χ0n) is 11.5. The van der Waals surface area contributed by atoms with Crippen LogP contribution in [0.4, 0.5) is 0 Å². The molecule has 0 aliphatic heterocycles. The largest absolute Gasteiger partial charge is 0.449 e. The summed E-state index contributed by atoms with van der Waals surface area (Å²) in [5.74, 6) is -0.687. The summed E-state index contributed by atoms with van der Waals surface area (Å²) in [5.41, 5.74) is 2.34. The molecule has 0 bridgehead atoms. The Balaban J connectivity index is 2.83. The summed E-state index contributed by atoms with van der Waals surface area (Å²) < 4.78 is 5.17. The van der Waals surface area contributed by atoms with Crippen molar-refractivity contribution in [1.29, 1.82) is 0 Å². The molecule has 0 saturated carbocycles. The molecular weight excluding hydrogens is 230 g/mol. The van der Waals surface area contributed by atoms with Crippen molar-refractivity contribution in [3.05, 3.63) is 34.9 Å². The van der Waals surface area contributed by atoms with Gasteiger partial charge in [-0.2, -0.15) is 0 Å². The molecule has 1 aromatic carbocycles. The number of hydrogen-bond acceptors (Lipinski definition) is 3. The van der Waals surface area contributed by atoms with Crippen molar-refractivity contribution in [3.63, 3.8) is 0 Å². The van der Waals surface area contributed by atoms with E-state index in [0.717, 1.165) is 11.1 Å². The first-order valence-electron chi connectivity index (χ1n) is 5.82. The van der Waals surface area contributed by atoms with Crippen LogP contribution in [0.1, 0.15) is 28.4 Å². The molecular formula is C14H19NO3. The first-order chi connectivity index (χ1) is 8.32. The number of carbonyl (C=O) groups is 2. The van der Waals surface area contributed by atoms with E-state index in [2.05, 4.69) is 0 Å². The monoisotopic (exact) mass is 249 g/mol. The van der Waals surface area contributed by atoms with Gasteiger partial charge in [-0.1, -0.05) is 17.7 Å². The minimum Gasteiger partial charge on any atom is -0.449 e. The summed E-state index contributed by atoms with van der Waals surface area (Å²) in [4.78, 5) is 25.0. The van der Waals surface area contributed by atoms with E-state index in [1.165, 1.54) is 4.90 Å². The van der Waals surface area contributed by atoms with Gasteiger partial charge in [-0.25, -0.2) is 4.79 Å². The van der Waals surface area contributed by atoms with Crippen LogP contribution in [0.5, 0.6) is 0 Å². The number of esters is 1. The van der Waals surface area contributed by atoms with Gasteiger partial charge in [0.25, 0.3) is 5.91 Å². The van der Waals surface area contributed by atoms with Crippen LogP contribution in [0.3, 0.4) is 0 Å². The molecule has 0 aliphatic rings. The van der Waals surface area contributed by atoms with Crippen molar-refractivity contribution in [2.45, 2.75) is 26.9 Å². The van der Waals surface area contributed by atoms with Crippen LogP contribution in [0, 0.1) is 13.8 Å². The van der Waals surface area contributed by atoms with Crippen LogP contribution >= 0.6 is 0 Å². The summed E-state index contributed by atoms with van der Waals surface area (Å²) in [6, 6.07) is 5.56. The molecule has 0 aliphatic carbocycles. The molecule has 0 N–H and O–H groups in total. The van der Waals surface area contributed by atoms with Gasteiger partial charge in [0.2, 0.25) is 0 Å². The number of rotatable bonds is 3. The van der Waals surface area contributed by atoms with E-state index in [4.69, 9.17) is 4.74 Å². The second-order valence-electron chi connectivity index (χ2n) is 4.60. The van der Waals surface area contributed by atoms with Gasteiger partial charge in [-0.05, 0) is 32.4 Å². The van der Waals surface area contributed by atoms with Gasteiger partial charge in [0.15, 0.2) is 6.10 Å². The van der Waals surface area contributed by atoms with Crippen molar-refractivity contribution in [3.8, 4) is 0 Å². The maximum atomic E-state index is 12.0. The molecule has 1 aromatic rings. The smallest absolute Gasteiger partial charge is 0.339 e. The minimum atomic E-state index is -0.771. The predicted octanol–water partition coefficient (Wildman–Crippen LogP) is 1.94. The maximum absolute atomic E-state index is 12.0. The van der Waals surface area contributed by atoms with Gasteiger partial charge >= 0.3 is 5.97 Å². The standard InChI is InChI=1S/C14H19NO3/c1-9-6-7-10(2)12(8-9)14(17)18-11(3)13(16)15(4)5/h6-8,11H,1-5H3. The molecule has 0 spiro atoms. The fraction of sp³-hybridized carbons (Fsp3) is 0.429. The lowest BCUT2D eigenvalue weighted by Crippen LogP contribution is -2.35. The quantitative estimate of drug-likeness (QED) is 0.769. The average Bonchev–Trinajstić information content (AvgIpc) is 2.30. The predicted molar refractivity (Wildman–Crippen MR) is 69.5 cm³/mol. The van der Waals surface area contributed by atoms with E-state index < -0.39 is 12.1 Å². The van der Waals surface area contributed by atoms with Gasteiger partial charge in [0.05, 0.1) is 5.56 Å². The third-order valence-electron chi connectivity index (χ3n) is 2.69. The zero-order chi connectivity index (χ0) is 13.9. The van der Waals surface area contributed by atoms with Gasteiger partial charge < -0.3 is 9.64 Å². The summed E-state index contributed by atoms with van der Waals surface area (Å²) in [6.45, 7) is 5.32. The van der Waals surface area contributed by atoms with Crippen molar-refractivity contribution in [1.82, 2.24) is 4.90 Å². The van der Waals surface area contributed by atoms with Crippen LogP contribution in [0.25, 0.3) is 0 Å². The van der Waals surface area contributed by atoms with E-state index in [0.29, 0.717) is 5.56 Å². The Morgan fingerprint density at radius 2 is 1.83 bits per heavy atom. The van der Waals surface area contributed by atoms with Crippen LogP contribution in [-0.4, -0.2) is 37.0 Å². The molecule has 0 heterocycles. The van der Waals surface area contributed by atoms with E-state index >= 15 is 0 Å². The molecule has 0 radical (unpaired) electrons. The molecule has 4 heteroatoms. The summed E-state index contributed by atoms with van der Waals surface area (Å²) >= 11 is 0. The third-order valence-corrected chi connectivity index (χ3v) is 2.69. The number of benzene rings is 1. The number of ether oxygens (including phenoxy) is 1. The van der Waals surface area contributed by atoms with E-state index in [-0.39, 0.29) is 5.91 Å². The number of carbonyl (C=O) groups excluding carboxylic acids is 2. The van der Waals surface area contributed by atoms with Gasteiger partial charge in [-0.3, -0.25) is 4.79 Å². The Hall–Kier alpha value is -1.84. The minimum absolute atomic E-state index is 0.228. The molecule has 0 saturated heterocycles. The molecule has 18 heavy (non-hydrogen) atoms. The lowest BCUT2D eigenvalue weighted by molar-refractivity contribution is -0.137. The molecule has 98 valence electrons. The Morgan fingerprint density at radius 1 is 1.22 bits per heavy atom. The zero-order valence-corrected chi connectivity index (χ0v) is 11.5. The highest BCUT2D eigenvalue weighted by atomic mass is 16.5. The highest BCUT2D eigenvalue weighted by Gasteiger charge is 2.21. The summed E-state index contributed by atoms with van der Waals surface area (Å²) in [6.07, 6.45) is -0.771.